The highest BCUT2D eigenvalue weighted by atomic mass is 35.5. The predicted octanol–water partition coefficient (Wildman–Crippen LogP) is 4.09. The Bertz CT molecular complexity index is 883. The average molecular weight is 416 g/mol. The Kier molecular flexibility index (Phi) is 6.46. The fourth-order valence-corrected chi connectivity index (χ4v) is 4.10. The van der Waals surface area contributed by atoms with E-state index < -0.39 is 0 Å². The molecule has 4 rings (SSSR count). The molecule has 3 heterocycles. The smallest absolute Gasteiger partial charge is 0.276 e. The first-order valence-corrected chi connectivity index (χ1v) is 10.7. The number of pyridine rings is 1. The van der Waals surface area contributed by atoms with Crippen molar-refractivity contribution in [3.05, 3.63) is 53.8 Å². The van der Waals surface area contributed by atoms with Gasteiger partial charge in [0.1, 0.15) is 0 Å². The van der Waals surface area contributed by atoms with E-state index in [1.54, 1.807) is 24.2 Å². The molecular formula is C20H22ClN5OS. The molecule has 0 spiro atoms. The first-order valence-electron chi connectivity index (χ1n) is 9.37. The van der Waals surface area contributed by atoms with Crippen molar-refractivity contribution in [1.29, 1.82) is 0 Å². The zero-order valence-electron chi connectivity index (χ0n) is 15.5. The van der Waals surface area contributed by atoms with Gasteiger partial charge in [-0.25, -0.2) is 0 Å². The molecule has 8 heteroatoms. The third-order valence-electron chi connectivity index (χ3n) is 4.72. The van der Waals surface area contributed by atoms with Gasteiger partial charge in [-0.3, -0.25) is 9.88 Å². The molecule has 2 aromatic heterocycles. The maximum absolute atomic E-state index is 6.10. The Morgan fingerprint density at radius 1 is 1.04 bits per heavy atom. The van der Waals surface area contributed by atoms with Gasteiger partial charge in [-0.1, -0.05) is 29.4 Å². The molecule has 3 aromatic rings. The minimum absolute atomic E-state index is 0.544. The van der Waals surface area contributed by atoms with E-state index in [2.05, 4.69) is 31.0 Å². The van der Waals surface area contributed by atoms with Crippen LogP contribution in [0.5, 0.6) is 0 Å². The molecular weight excluding hydrogens is 394 g/mol. The zero-order valence-corrected chi connectivity index (χ0v) is 17.1. The van der Waals surface area contributed by atoms with Crippen LogP contribution in [-0.2, 0) is 0 Å². The second kappa shape index (κ2) is 9.41. The standard InChI is InChI=1S/C20H22ClN5OS/c21-17-3-1-4-18(15-17)26-12-10-25(11-13-26)9-2-14-28-20-24-23-19(27-20)16-5-7-22-8-6-16/h1,3-8,15H,2,9-14H2. The molecule has 0 aliphatic carbocycles. The monoisotopic (exact) mass is 415 g/mol. The summed E-state index contributed by atoms with van der Waals surface area (Å²) >= 11 is 7.72. The van der Waals surface area contributed by atoms with Crippen LogP contribution in [0.4, 0.5) is 5.69 Å². The summed E-state index contributed by atoms with van der Waals surface area (Å²) in [5, 5.41) is 9.65. The predicted molar refractivity (Wildman–Crippen MR) is 113 cm³/mol. The highest BCUT2D eigenvalue weighted by Gasteiger charge is 2.17. The number of piperazine rings is 1. The highest BCUT2D eigenvalue weighted by molar-refractivity contribution is 7.99. The number of benzene rings is 1. The van der Waals surface area contributed by atoms with Gasteiger partial charge in [-0.05, 0) is 43.3 Å². The van der Waals surface area contributed by atoms with E-state index in [0.717, 1.165) is 55.5 Å². The Balaban J connectivity index is 1.17. The maximum atomic E-state index is 6.10. The summed E-state index contributed by atoms with van der Waals surface area (Å²) < 4.78 is 5.72. The van der Waals surface area contributed by atoms with Gasteiger partial charge in [0.2, 0.25) is 5.89 Å². The molecule has 1 aromatic carbocycles. The first kappa shape index (κ1) is 19.2. The van der Waals surface area contributed by atoms with Gasteiger partial charge >= 0.3 is 0 Å². The Morgan fingerprint density at radius 2 is 1.86 bits per heavy atom. The molecule has 6 nitrogen and oxygen atoms in total. The summed E-state index contributed by atoms with van der Waals surface area (Å²) in [6.45, 7) is 5.30. The Morgan fingerprint density at radius 3 is 2.64 bits per heavy atom. The molecule has 0 N–H and O–H groups in total. The molecule has 1 aliphatic rings. The van der Waals surface area contributed by atoms with Gasteiger partial charge in [-0.2, -0.15) is 0 Å². The SMILES string of the molecule is Clc1cccc(N2CCN(CCCSc3nnc(-c4ccncc4)o3)CC2)c1. The molecule has 0 saturated carbocycles. The summed E-state index contributed by atoms with van der Waals surface area (Å²) in [5.74, 6) is 1.51. The number of aromatic nitrogens is 3. The van der Waals surface area contributed by atoms with E-state index >= 15 is 0 Å². The van der Waals surface area contributed by atoms with Crippen molar-refractivity contribution in [3.8, 4) is 11.5 Å². The average Bonchev–Trinajstić information content (AvgIpc) is 3.21. The topological polar surface area (TPSA) is 58.3 Å². The Hall–Kier alpha value is -2.09. The lowest BCUT2D eigenvalue weighted by Gasteiger charge is -2.36. The van der Waals surface area contributed by atoms with Crippen molar-refractivity contribution in [1.82, 2.24) is 20.1 Å². The molecule has 0 atom stereocenters. The third kappa shape index (κ3) is 5.04. The summed E-state index contributed by atoms with van der Waals surface area (Å²) in [4.78, 5) is 8.91. The van der Waals surface area contributed by atoms with E-state index in [1.165, 1.54) is 5.69 Å². The lowest BCUT2D eigenvalue weighted by Crippen LogP contribution is -2.46. The van der Waals surface area contributed by atoms with Crippen molar-refractivity contribution in [2.45, 2.75) is 11.6 Å². The van der Waals surface area contributed by atoms with E-state index in [4.69, 9.17) is 16.0 Å². The van der Waals surface area contributed by atoms with Crippen molar-refractivity contribution < 1.29 is 4.42 Å². The number of thioether (sulfide) groups is 1. The van der Waals surface area contributed by atoms with Crippen LogP contribution in [0.1, 0.15) is 6.42 Å². The number of hydrogen-bond acceptors (Lipinski definition) is 7. The van der Waals surface area contributed by atoms with Gasteiger partial charge in [0, 0.05) is 60.6 Å². The molecule has 0 bridgehead atoms. The van der Waals surface area contributed by atoms with Gasteiger partial charge in [-0.15, -0.1) is 10.2 Å². The van der Waals surface area contributed by atoms with Crippen LogP contribution in [0.2, 0.25) is 5.02 Å². The molecule has 1 fully saturated rings. The third-order valence-corrected chi connectivity index (χ3v) is 5.86. The molecule has 1 saturated heterocycles. The number of nitrogens with zero attached hydrogens (tertiary/aromatic N) is 5. The van der Waals surface area contributed by atoms with Crippen LogP contribution >= 0.6 is 23.4 Å². The van der Waals surface area contributed by atoms with Crippen LogP contribution in [0.3, 0.4) is 0 Å². The lowest BCUT2D eigenvalue weighted by atomic mass is 10.2. The van der Waals surface area contributed by atoms with Crippen molar-refractivity contribution in [2.75, 3.05) is 43.4 Å². The number of hydrogen-bond donors (Lipinski definition) is 0. The first-order chi connectivity index (χ1) is 13.8. The number of rotatable bonds is 7. The fraction of sp³-hybridized carbons (Fsp3) is 0.350. The number of anilines is 1. The van der Waals surface area contributed by atoms with Crippen LogP contribution in [0.25, 0.3) is 11.5 Å². The van der Waals surface area contributed by atoms with E-state index in [-0.39, 0.29) is 0 Å². The zero-order chi connectivity index (χ0) is 19.2. The second-order valence-corrected chi connectivity index (χ2v) is 8.10. The largest absolute Gasteiger partial charge is 0.411 e. The molecule has 146 valence electrons. The maximum Gasteiger partial charge on any atom is 0.276 e. The van der Waals surface area contributed by atoms with Crippen molar-refractivity contribution in [3.63, 3.8) is 0 Å². The van der Waals surface area contributed by atoms with E-state index in [1.807, 2.05) is 30.3 Å². The van der Waals surface area contributed by atoms with E-state index in [9.17, 15) is 0 Å². The summed E-state index contributed by atoms with van der Waals surface area (Å²) in [7, 11) is 0. The minimum Gasteiger partial charge on any atom is -0.411 e. The molecule has 1 aliphatic heterocycles. The van der Waals surface area contributed by atoms with Crippen molar-refractivity contribution >= 4 is 29.1 Å². The summed E-state index contributed by atoms with van der Waals surface area (Å²) in [6, 6.07) is 11.8. The quantitative estimate of drug-likeness (QED) is 0.425. The normalized spacial score (nSPS) is 15.1. The van der Waals surface area contributed by atoms with Crippen LogP contribution in [0.15, 0.2) is 58.4 Å². The molecule has 0 radical (unpaired) electrons. The van der Waals surface area contributed by atoms with Gasteiger partial charge in [0.05, 0.1) is 0 Å². The van der Waals surface area contributed by atoms with Gasteiger partial charge < -0.3 is 9.32 Å². The minimum atomic E-state index is 0.544. The second-order valence-electron chi connectivity index (χ2n) is 6.62. The summed E-state index contributed by atoms with van der Waals surface area (Å²) in [5.41, 5.74) is 2.11. The van der Waals surface area contributed by atoms with E-state index in [0.29, 0.717) is 11.1 Å². The molecule has 28 heavy (non-hydrogen) atoms. The summed E-state index contributed by atoms with van der Waals surface area (Å²) in [6.07, 6.45) is 4.53. The Labute approximate surface area is 173 Å². The van der Waals surface area contributed by atoms with Crippen LogP contribution in [0, 0.1) is 0 Å². The van der Waals surface area contributed by atoms with Crippen molar-refractivity contribution in [2.24, 2.45) is 0 Å². The highest BCUT2D eigenvalue weighted by Crippen LogP contribution is 2.24. The number of halogens is 1. The van der Waals surface area contributed by atoms with Crippen LogP contribution in [-0.4, -0.2) is 58.6 Å². The molecule has 0 unspecified atom stereocenters. The van der Waals surface area contributed by atoms with Crippen LogP contribution < -0.4 is 4.90 Å². The molecule has 0 amide bonds. The fourth-order valence-electron chi connectivity index (χ4n) is 3.23. The lowest BCUT2D eigenvalue weighted by molar-refractivity contribution is 0.259. The van der Waals surface area contributed by atoms with Gasteiger partial charge in [0.15, 0.2) is 0 Å². The van der Waals surface area contributed by atoms with Gasteiger partial charge in [0.25, 0.3) is 5.22 Å².